The standard InChI is InChI=1S/C17H27N3O2.2ClH/c1-13-11-20(9-8-19(13)12-14(2)21)17(22)10-16(18)15-6-4-3-5-7-15;;/h3-7,13-14,16,21H,8-12,18H2,1-2H3;2*1H. The van der Waals surface area contributed by atoms with Gasteiger partial charge in [-0.2, -0.15) is 0 Å². The van der Waals surface area contributed by atoms with Crippen molar-refractivity contribution in [1.82, 2.24) is 9.80 Å². The Hall–Kier alpha value is -0.850. The average Bonchev–Trinajstić information content (AvgIpc) is 2.49. The number of benzene rings is 1. The fourth-order valence-electron chi connectivity index (χ4n) is 2.97. The highest BCUT2D eigenvalue weighted by atomic mass is 35.5. The molecule has 24 heavy (non-hydrogen) atoms. The van der Waals surface area contributed by atoms with Crippen LogP contribution < -0.4 is 5.73 Å². The van der Waals surface area contributed by atoms with Gasteiger partial charge in [0.2, 0.25) is 5.91 Å². The van der Waals surface area contributed by atoms with E-state index in [0.717, 1.165) is 12.1 Å². The molecule has 3 N–H and O–H groups in total. The topological polar surface area (TPSA) is 69.8 Å². The van der Waals surface area contributed by atoms with E-state index in [4.69, 9.17) is 5.73 Å². The summed E-state index contributed by atoms with van der Waals surface area (Å²) in [7, 11) is 0. The van der Waals surface area contributed by atoms with Gasteiger partial charge < -0.3 is 15.7 Å². The van der Waals surface area contributed by atoms with Crippen molar-refractivity contribution in [2.75, 3.05) is 26.2 Å². The number of aliphatic hydroxyl groups is 1. The molecule has 0 saturated carbocycles. The zero-order valence-corrected chi connectivity index (χ0v) is 15.9. The fraction of sp³-hybridized carbons (Fsp3) is 0.588. The van der Waals surface area contributed by atoms with Crippen molar-refractivity contribution in [3.63, 3.8) is 0 Å². The first-order valence-corrected chi connectivity index (χ1v) is 7.97. The molecule has 1 saturated heterocycles. The van der Waals surface area contributed by atoms with Gasteiger partial charge >= 0.3 is 0 Å². The summed E-state index contributed by atoms with van der Waals surface area (Å²) in [6.45, 7) is 6.76. The summed E-state index contributed by atoms with van der Waals surface area (Å²) in [5, 5.41) is 9.50. The minimum atomic E-state index is -0.337. The van der Waals surface area contributed by atoms with Crippen LogP contribution in [-0.4, -0.2) is 59.1 Å². The van der Waals surface area contributed by atoms with Gasteiger partial charge in [-0.15, -0.1) is 24.8 Å². The second-order valence-electron chi connectivity index (χ2n) is 6.25. The molecule has 7 heteroatoms. The van der Waals surface area contributed by atoms with Crippen LogP contribution in [0.1, 0.15) is 31.9 Å². The van der Waals surface area contributed by atoms with Gasteiger partial charge in [0.15, 0.2) is 0 Å². The number of hydrogen-bond acceptors (Lipinski definition) is 4. The molecular weight excluding hydrogens is 349 g/mol. The van der Waals surface area contributed by atoms with Gasteiger partial charge in [0.25, 0.3) is 0 Å². The molecule has 1 aliphatic heterocycles. The molecule has 3 atom stereocenters. The van der Waals surface area contributed by atoms with Crippen LogP contribution in [0.3, 0.4) is 0 Å². The average molecular weight is 378 g/mol. The van der Waals surface area contributed by atoms with Crippen LogP contribution in [-0.2, 0) is 4.79 Å². The number of rotatable bonds is 5. The van der Waals surface area contributed by atoms with E-state index in [0.29, 0.717) is 26.1 Å². The Balaban J connectivity index is 0.00000264. The molecule has 1 aliphatic rings. The highest BCUT2D eigenvalue weighted by Crippen LogP contribution is 2.17. The molecule has 0 bridgehead atoms. The molecular formula is C17H29Cl2N3O2. The van der Waals surface area contributed by atoms with E-state index in [1.165, 1.54) is 0 Å². The number of hydrogen-bond donors (Lipinski definition) is 2. The number of carbonyl (C=O) groups excluding carboxylic acids is 1. The lowest BCUT2D eigenvalue weighted by Crippen LogP contribution is -2.55. The Morgan fingerprint density at radius 3 is 2.46 bits per heavy atom. The highest BCUT2D eigenvalue weighted by Gasteiger charge is 2.27. The number of nitrogens with zero attached hydrogens (tertiary/aromatic N) is 2. The van der Waals surface area contributed by atoms with Crippen LogP contribution in [0.5, 0.6) is 0 Å². The maximum Gasteiger partial charge on any atom is 0.224 e. The molecule has 0 aromatic heterocycles. The molecule has 0 spiro atoms. The van der Waals surface area contributed by atoms with Crippen LogP contribution in [0.2, 0.25) is 0 Å². The SMILES string of the molecule is CC(O)CN1CCN(C(=O)CC(N)c2ccccc2)CC1C.Cl.Cl. The lowest BCUT2D eigenvalue weighted by molar-refractivity contribution is -0.134. The van der Waals surface area contributed by atoms with E-state index >= 15 is 0 Å². The Labute approximate surface area is 157 Å². The molecule has 0 radical (unpaired) electrons. The van der Waals surface area contributed by atoms with E-state index in [2.05, 4.69) is 11.8 Å². The summed E-state index contributed by atoms with van der Waals surface area (Å²) >= 11 is 0. The van der Waals surface area contributed by atoms with Crippen LogP contribution >= 0.6 is 24.8 Å². The molecule has 5 nitrogen and oxygen atoms in total. The molecule has 2 rings (SSSR count). The molecule has 138 valence electrons. The quantitative estimate of drug-likeness (QED) is 0.820. The summed E-state index contributed by atoms with van der Waals surface area (Å²) in [5.74, 6) is 0.111. The van der Waals surface area contributed by atoms with Crippen LogP contribution in [0.4, 0.5) is 0 Å². The van der Waals surface area contributed by atoms with Gasteiger partial charge in [-0.05, 0) is 19.4 Å². The van der Waals surface area contributed by atoms with E-state index < -0.39 is 0 Å². The maximum absolute atomic E-state index is 12.4. The molecule has 1 fully saturated rings. The van der Waals surface area contributed by atoms with Crippen molar-refractivity contribution in [1.29, 1.82) is 0 Å². The third-order valence-corrected chi connectivity index (χ3v) is 4.24. The molecule has 0 aliphatic carbocycles. The minimum absolute atomic E-state index is 0. The zero-order chi connectivity index (χ0) is 16.1. The molecule has 1 heterocycles. The number of carbonyl (C=O) groups is 1. The number of β-amino-alcohol motifs (C(OH)–C–C–N with tert-alkyl or cyclic N) is 1. The van der Waals surface area contributed by atoms with Crippen molar-refractivity contribution in [2.24, 2.45) is 5.73 Å². The third-order valence-electron chi connectivity index (χ3n) is 4.24. The van der Waals surface area contributed by atoms with E-state index in [9.17, 15) is 9.90 Å². The summed E-state index contributed by atoms with van der Waals surface area (Å²) in [6.07, 6.45) is 0.00357. The van der Waals surface area contributed by atoms with Gasteiger partial charge in [-0.3, -0.25) is 9.69 Å². The highest BCUT2D eigenvalue weighted by molar-refractivity contribution is 5.85. The molecule has 1 amide bonds. The minimum Gasteiger partial charge on any atom is -0.392 e. The van der Waals surface area contributed by atoms with Gasteiger partial charge in [0.1, 0.15) is 0 Å². The zero-order valence-electron chi connectivity index (χ0n) is 14.3. The van der Waals surface area contributed by atoms with E-state index in [1.54, 1.807) is 6.92 Å². The van der Waals surface area contributed by atoms with Crippen LogP contribution in [0.15, 0.2) is 30.3 Å². The Morgan fingerprint density at radius 2 is 1.92 bits per heavy atom. The summed E-state index contributed by atoms with van der Waals surface area (Å²) in [6, 6.07) is 9.76. The Morgan fingerprint density at radius 1 is 1.29 bits per heavy atom. The first-order valence-electron chi connectivity index (χ1n) is 7.97. The summed E-state index contributed by atoms with van der Waals surface area (Å²) < 4.78 is 0. The number of amides is 1. The first kappa shape index (κ1) is 23.1. The predicted molar refractivity (Wildman–Crippen MR) is 102 cm³/mol. The maximum atomic E-state index is 12.4. The van der Waals surface area contributed by atoms with Crippen molar-refractivity contribution in [2.45, 2.75) is 38.5 Å². The second-order valence-corrected chi connectivity index (χ2v) is 6.25. The van der Waals surface area contributed by atoms with Gasteiger partial charge in [-0.1, -0.05) is 30.3 Å². The lowest BCUT2D eigenvalue weighted by atomic mass is 10.0. The van der Waals surface area contributed by atoms with Crippen molar-refractivity contribution < 1.29 is 9.90 Å². The summed E-state index contributed by atoms with van der Waals surface area (Å²) in [5.41, 5.74) is 7.14. The number of nitrogens with two attached hydrogens (primary N) is 1. The normalized spacial score (nSPS) is 20.5. The molecule has 3 unspecified atom stereocenters. The van der Waals surface area contributed by atoms with Crippen molar-refractivity contribution >= 4 is 30.7 Å². The second kappa shape index (κ2) is 10.9. The lowest BCUT2D eigenvalue weighted by Gasteiger charge is -2.40. The fourth-order valence-corrected chi connectivity index (χ4v) is 2.97. The third kappa shape index (κ3) is 6.57. The van der Waals surface area contributed by atoms with Gasteiger partial charge in [0.05, 0.1) is 6.10 Å². The van der Waals surface area contributed by atoms with Crippen molar-refractivity contribution in [3.05, 3.63) is 35.9 Å². The Bertz CT molecular complexity index is 488. The number of halogens is 2. The van der Waals surface area contributed by atoms with Crippen LogP contribution in [0.25, 0.3) is 0 Å². The number of aliphatic hydroxyl groups excluding tert-OH is 1. The predicted octanol–water partition coefficient (Wildman–Crippen LogP) is 1.83. The Kier molecular flexibility index (Phi) is 10.5. The molecule has 1 aromatic carbocycles. The smallest absolute Gasteiger partial charge is 0.224 e. The van der Waals surface area contributed by atoms with Crippen LogP contribution in [0, 0.1) is 0 Å². The number of piperazine rings is 1. The van der Waals surface area contributed by atoms with E-state index in [1.807, 2.05) is 35.2 Å². The monoisotopic (exact) mass is 377 g/mol. The van der Waals surface area contributed by atoms with Gasteiger partial charge in [-0.25, -0.2) is 0 Å². The largest absolute Gasteiger partial charge is 0.392 e. The first-order chi connectivity index (χ1) is 10.5. The molecule has 1 aromatic rings. The van der Waals surface area contributed by atoms with Gasteiger partial charge in [0, 0.05) is 44.7 Å². The van der Waals surface area contributed by atoms with Crippen molar-refractivity contribution in [3.8, 4) is 0 Å². The summed E-state index contributed by atoms with van der Waals surface area (Å²) in [4.78, 5) is 16.6. The van der Waals surface area contributed by atoms with E-state index in [-0.39, 0.29) is 48.9 Å².